The zero-order valence-electron chi connectivity index (χ0n) is 16.4. The van der Waals surface area contributed by atoms with Crippen LogP contribution < -0.4 is 11.1 Å². The van der Waals surface area contributed by atoms with E-state index < -0.39 is 23.5 Å². The molecule has 1 heterocycles. The lowest BCUT2D eigenvalue weighted by molar-refractivity contribution is -0.138. The molecule has 0 bridgehead atoms. The Kier molecular flexibility index (Phi) is 6.38. The van der Waals surface area contributed by atoms with Crippen LogP contribution in [0.25, 0.3) is 0 Å². The number of rotatable bonds is 4. The number of carbonyl (C=O) groups is 1. The van der Waals surface area contributed by atoms with Crippen LogP contribution in [-0.2, 0) is 23.6 Å². The van der Waals surface area contributed by atoms with Crippen LogP contribution in [-0.4, -0.2) is 29.9 Å². The minimum absolute atomic E-state index is 0.0171. The number of nitrogens with zero attached hydrogens (tertiary/aromatic N) is 1. The summed E-state index contributed by atoms with van der Waals surface area (Å²) >= 11 is 0. The zero-order valence-corrected chi connectivity index (χ0v) is 16.4. The van der Waals surface area contributed by atoms with Gasteiger partial charge in [-0.2, -0.15) is 26.3 Å². The molecule has 0 radical (unpaired) electrons. The molecule has 0 aliphatic carbocycles. The molecule has 31 heavy (non-hydrogen) atoms. The first-order valence-electron chi connectivity index (χ1n) is 9.61. The molecule has 0 atom stereocenters. The molecule has 1 fully saturated rings. The summed E-state index contributed by atoms with van der Waals surface area (Å²) in [6.45, 7) is 0.770. The molecule has 1 aliphatic rings. The number of carbonyl (C=O) groups excluding carboxylic acids is 1. The SMILES string of the molecule is Nc1c(NC2CCN(C(=O)Cc3ccc(C(F)(F)F)cc3)CC2)cccc1C(F)(F)F. The summed E-state index contributed by atoms with van der Waals surface area (Å²) in [7, 11) is 0. The molecular weight excluding hydrogens is 424 g/mol. The molecule has 0 saturated carbocycles. The van der Waals surface area contributed by atoms with Crippen LogP contribution in [0.2, 0.25) is 0 Å². The van der Waals surface area contributed by atoms with Crippen molar-refractivity contribution in [2.24, 2.45) is 0 Å². The number of nitrogens with two attached hydrogens (primary N) is 1. The third-order valence-electron chi connectivity index (χ3n) is 5.26. The minimum atomic E-state index is -4.55. The number of piperidine rings is 1. The third-order valence-corrected chi connectivity index (χ3v) is 5.26. The number of nitrogens with one attached hydrogen (secondary N) is 1. The van der Waals surface area contributed by atoms with Crippen molar-refractivity contribution >= 4 is 17.3 Å². The van der Waals surface area contributed by atoms with Gasteiger partial charge in [-0.1, -0.05) is 18.2 Å². The van der Waals surface area contributed by atoms with Gasteiger partial charge in [0.2, 0.25) is 5.91 Å². The lowest BCUT2D eigenvalue weighted by Crippen LogP contribution is -2.43. The van der Waals surface area contributed by atoms with Gasteiger partial charge < -0.3 is 16.0 Å². The Morgan fingerprint density at radius 2 is 1.58 bits per heavy atom. The van der Waals surface area contributed by atoms with Gasteiger partial charge >= 0.3 is 12.4 Å². The summed E-state index contributed by atoms with van der Waals surface area (Å²) in [6.07, 6.45) is -7.98. The van der Waals surface area contributed by atoms with E-state index in [1.165, 1.54) is 24.3 Å². The van der Waals surface area contributed by atoms with Gasteiger partial charge in [0.1, 0.15) is 0 Å². The maximum Gasteiger partial charge on any atom is 0.418 e. The summed E-state index contributed by atoms with van der Waals surface area (Å²) in [5, 5.41) is 3.02. The molecule has 3 rings (SSSR count). The van der Waals surface area contributed by atoms with Gasteiger partial charge in [0.05, 0.1) is 28.9 Å². The fraction of sp³-hybridized carbons (Fsp3) is 0.381. The monoisotopic (exact) mass is 445 g/mol. The van der Waals surface area contributed by atoms with E-state index in [1.807, 2.05) is 0 Å². The number of hydrogen-bond donors (Lipinski definition) is 2. The first-order chi connectivity index (χ1) is 14.4. The predicted octanol–water partition coefficient (Wildman–Crippen LogP) is 4.95. The van der Waals surface area contributed by atoms with E-state index in [9.17, 15) is 31.1 Å². The maximum absolute atomic E-state index is 13.0. The average molecular weight is 445 g/mol. The second kappa shape index (κ2) is 8.68. The van der Waals surface area contributed by atoms with Crippen LogP contribution >= 0.6 is 0 Å². The lowest BCUT2D eigenvalue weighted by Gasteiger charge is -2.33. The van der Waals surface area contributed by atoms with Gasteiger partial charge in [-0.25, -0.2) is 0 Å². The first kappa shape index (κ1) is 22.8. The first-order valence-corrected chi connectivity index (χ1v) is 9.61. The smallest absolute Gasteiger partial charge is 0.397 e. The van der Waals surface area contributed by atoms with Crippen molar-refractivity contribution < 1.29 is 31.1 Å². The van der Waals surface area contributed by atoms with Crippen molar-refractivity contribution in [1.29, 1.82) is 0 Å². The molecule has 0 unspecified atom stereocenters. The minimum Gasteiger partial charge on any atom is -0.397 e. The fourth-order valence-electron chi connectivity index (χ4n) is 3.53. The van der Waals surface area contributed by atoms with Crippen molar-refractivity contribution in [2.45, 2.75) is 37.7 Å². The number of para-hydroxylation sites is 1. The van der Waals surface area contributed by atoms with Gasteiger partial charge in [-0.15, -0.1) is 0 Å². The molecule has 1 aliphatic heterocycles. The summed E-state index contributed by atoms with van der Waals surface area (Å²) in [4.78, 5) is 14.1. The molecule has 10 heteroatoms. The van der Waals surface area contributed by atoms with Gasteiger partial charge in [0.25, 0.3) is 0 Å². The third kappa shape index (κ3) is 5.62. The predicted molar refractivity (Wildman–Crippen MR) is 104 cm³/mol. The van der Waals surface area contributed by atoms with Crippen molar-refractivity contribution in [1.82, 2.24) is 4.90 Å². The summed E-state index contributed by atoms with van der Waals surface area (Å²) in [5.74, 6) is -0.211. The normalized spacial score (nSPS) is 15.7. The quantitative estimate of drug-likeness (QED) is 0.517. The standard InChI is InChI=1S/C21H21F6N3O/c22-20(23,24)14-6-4-13(5-7-14)12-18(31)30-10-8-15(9-11-30)29-17-3-1-2-16(19(17)28)21(25,26)27/h1-7,15,29H,8-12,28H2. The van der Waals surface area contributed by atoms with Crippen LogP contribution in [0.3, 0.4) is 0 Å². The van der Waals surface area contributed by atoms with Gasteiger partial charge in [0.15, 0.2) is 0 Å². The Morgan fingerprint density at radius 3 is 2.13 bits per heavy atom. The van der Waals surface area contributed by atoms with Crippen LogP contribution in [0, 0.1) is 0 Å². The molecule has 0 aromatic heterocycles. The van der Waals surface area contributed by atoms with Crippen molar-refractivity contribution in [3.8, 4) is 0 Å². The summed E-state index contributed by atoms with van der Waals surface area (Å²) in [5.41, 5.74) is 4.31. The number of alkyl halides is 6. The van der Waals surface area contributed by atoms with E-state index in [2.05, 4.69) is 5.32 Å². The zero-order chi connectivity index (χ0) is 22.8. The molecule has 1 saturated heterocycles. The molecular formula is C21H21F6N3O. The maximum atomic E-state index is 13.0. The number of nitrogen functional groups attached to an aromatic ring is 1. The largest absolute Gasteiger partial charge is 0.418 e. The topological polar surface area (TPSA) is 58.4 Å². The van der Waals surface area contributed by atoms with E-state index in [0.29, 0.717) is 31.5 Å². The molecule has 0 spiro atoms. The fourth-order valence-corrected chi connectivity index (χ4v) is 3.53. The molecule has 1 amide bonds. The van der Waals surface area contributed by atoms with Gasteiger partial charge in [-0.3, -0.25) is 4.79 Å². The highest BCUT2D eigenvalue weighted by Gasteiger charge is 2.34. The Labute approximate surface area is 175 Å². The van der Waals surface area contributed by atoms with Crippen LogP contribution in [0.15, 0.2) is 42.5 Å². The van der Waals surface area contributed by atoms with Crippen molar-refractivity contribution in [3.05, 3.63) is 59.2 Å². The number of benzene rings is 2. The average Bonchev–Trinajstić information content (AvgIpc) is 2.69. The summed E-state index contributed by atoms with van der Waals surface area (Å²) in [6, 6.07) is 7.98. The van der Waals surface area contributed by atoms with Crippen LogP contribution in [0.5, 0.6) is 0 Å². The molecule has 2 aromatic carbocycles. The van der Waals surface area contributed by atoms with Gasteiger partial charge in [-0.05, 0) is 42.7 Å². The van der Waals surface area contributed by atoms with Crippen LogP contribution in [0.1, 0.15) is 29.5 Å². The Morgan fingerprint density at radius 1 is 0.968 bits per heavy atom. The molecule has 4 nitrogen and oxygen atoms in total. The molecule has 168 valence electrons. The number of anilines is 2. The van der Waals surface area contributed by atoms with Crippen molar-refractivity contribution in [2.75, 3.05) is 24.1 Å². The Hall–Kier alpha value is -2.91. The second-order valence-electron chi connectivity index (χ2n) is 7.44. The van der Waals surface area contributed by atoms with E-state index in [4.69, 9.17) is 5.73 Å². The Balaban J connectivity index is 1.54. The number of halogens is 6. The van der Waals surface area contributed by atoms with E-state index in [-0.39, 0.29) is 29.7 Å². The number of likely N-dealkylation sites (tertiary alicyclic amines) is 1. The lowest BCUT2D eigenvalue weighted by atomic mass is 10.0. The number of hydrogen-bond acceptors (Lipinski definition) is 3. The summed E-state index contributed by atoms with van der Waals surface area (Å²) < 4.78 is 76.9. The second-order valence-corrected chi connectivity index (χ2v) is 7.44. The molecule has 3 N–H and O–H groups in total. The highest BCUT2D eigenvalue weighted by molar-refractivity contribution is 5.79. The Bertz CT molecular complexity index is 916. The molecule has 2 aromatic rings. The highest BCUT2D eigenvalue weighted by atomic mass is 19.4. The number of amides is 1. The van der Waals surface area contributed by atoms with Crippen LogP contribution in [0.4, 0.5) is 37.7 Å². The van der Waals surface area contributed by atoms with E-state index in [0.717, 1.165) is 18.2 Å². The highest BCUT2D eigenvalue weighted by Crippen LogP contribution is 2.37. The van der Waals surface area contributed by atoms with E-state index >= 15 is 0 Å². The van der Waals surface area contributed by atoms with Gasteiger partial charge in [0, 0.05) is 19.1 Å². The van der Waals surface area contributed by atoms with E-state index in [1.54, 1.807) is 4.90 Å². The van der Waals surface area contributed by atoms with Crippen molar-refractivity contribution in [3.63, 3.8) is 0 Å².